The Kier molecular flexibility index (Phi) is 3.25. The molecule has 0 aromatic carbocycles. The molecule has 0 amide bonds. The van der Waals surface area contributed by atoms with Crippen LogP contribution in [0.1, 0.15) is 16.1 Å². The molecule has 7 heteroatoms. The van der Waals surface area contributed by atoms with Crippen molar-refractivity contribution in [2.75, 3.05) is 7.11 Å². The zero-order chi connectivity index (χ0) is 11.4. The third-order valence-electron chi connectivity index (χ3n) is 1.87. The molecule has 0 atom stereocenters. The minimum absolute atomic E-state index is 0.231. The van der Waals surface area contributed by atoms with Crippen molar-refractivity contribution in [1.82, 2.24) is 15.2 Å². The van der Waals surface area contributed by atoms with Crippen LogP contribution < -0.4 is 0 Å². The lowest BCUT2D eigenvalue weighted by Crippen LogP contribution is -2.02. The summed E-state index contributed by atoms with van der Waals surface area (Å²) in [4.78, 5) is 15.3. The smallest absolute Gasteiger partial charge is 0.374 e. The van der Waals surface area contributed by atoms with Crippen LogP contribution in [-0.4, -0.2) is 28.3 Å². The van der Waals surface area contributed by atoms with Crippen molar-refractivity contribution in [2.24, 2.45) is 0 Å². The van der Waals surface area contributed by atoms with Gasteiger partial charge in [-0.15, -0.1) is 0 Å². The monoisotopic (exact) mass is 239 g/mol. The summed E-state index contributed by atoms with van der Waals surface area (Å²) in [7, 11) is 1.32. The number of aromatic nitrogens is 3. The summed E-state index contributed by atoms with van der Waals surface area (Å²) >= 11 is 1.43. The lowest BCUT2D eigenvalue weighted by Gasteiger charge is -1.98. The van der Waals surface area contributed by atoms with Crippen molar-refractivity contribution < 1.29 is 13.9 Å². The van der Waals surface area contributed by atoms with E-state index in [1.165, 1.54) is 31.5 Å². The van der Waals surface area contributed by atoms with Crippen molar-refractivity contribution in [1.29, 1.82) is 0 Å². The average Bonchev–Trinajstić information content (AvgIpc) is 2.96. The van der Waals surface area contributed by atoms with E-state index in [2.05, 4.69) is 19.9 Å². The maximum atomic E-state index is 11.3. The fourth-order valence-corrected chi connectivity index (χ4v) is 1.89. The number of carbonyl (C=O) groups is 1. The third kappa shape index (κ3) is 2.25. The number of H-pyrrole nitrogens is 1. The quantitative estimate of drug-likeness (QED) is 0.642. The molecular weight excluding hydrogens is 230 g/mol. The zero-order valence-electron chi connectivity index (χ0n) is 8.47. The van der Waals surface area contributed by atoms with Crippen molar-refractivity contribution >= 4 is 17.7 Å². The summed E-state index contributed by atoms with van der Waals surface area (Å²) in [6.45, 7) is 0. The summed E-state index contributed by atoms with van der Waals surface area (Å²) in [5.41, 5.74) is 0.772. The van der Waals surface area contributed by atoms with Crippen LogP contribution in [0.15, 0.2) is 28.2 Å². The second kappa shape index (κ2) is 4.84. The largest absolute Gasteiger partial charge is 0.463 e. The standard InChI is InChI=1S/C9H9N3O3S/c1-14-8(13)7-6(2-3-15-7)4-16-9-10-5-11-12-9/h2-3,5H,4H2,1H3,(H,10,11,12). The highest BCUT2D eigenvalue weighted by atomic mass is 32.2. The summed E-state index contributed by atoms with van der Waals surface area (Å²) in [6.07, 6.45) is 2.89. The zero-order valence-corrected chi connectivity index (χ0v) is 9.28. The predicted molar refractivity (Wildman–Crippen MR) is 56.0 cm³/mol. The lowest BCUT2D eigenvalue weighted by atomic mass is 10.3. The number of aromatic amines is 1. The van der Waals surface area contributed by atoms with E-state index in [1.807, 2.05) is 0 Å². The van der Waals surface area contributed by atoms with Gasteiger partial charge in [0.1, 0.15) is 6.33 Å². The molecule has 0 aliphatic rings. The van der Waals surface area contributed by atoms with Crippen LogP contribution in [-0.2, 0) is 10.5 Å². The molecule has 0 radical (unpaired) electrons. The van der Waals surface area contributed by atoms with E-state index < -0.39 is 5.97 Å². The number of esters is 1. The molecule has 0 fully saturated rings. The Morgan fingerprint density at radius 3 is 3.25 bits per heavy atom. The molecule has 0 unspecified atom stereocenters. The SMILES string of the molecule is COC(=O)c1occc1CSc1ncn[nH]1. The number of thioether (sulfide) groups is 1. The number of hydrogen-bond donors (Lipinski definition) is 1. The van der Waals surface area contributed by atoms with E-state index in [1.54, 1.807) is 6.07 Å². The lowest BCUT2D eigenvalue weighted by molar-refractivity contribution is 0.0564. The van der Waals surface area contributed by atoms with E-state index in [0.717, 1.165) is 5.56 Å². The molecule has 2 aromatic heterocycles. The molecule has 2 rings (SSSR count). The number of rotatable bonds is 4. The minimum atomic E-state index is -0.474. The highest BCUT2D eigenvalue weighted by Gasteiger charge is 2.15. The molecule has 0 saturated heterocycles. The van der Waals surface area contributed by atoms with E-state index >= 15 is 0 Å². The van der Waals surface area contributed by atoms with E-state index in [4.69, 9.17) is 4.42 Å². The molecule has 2 aromatic rings. The second-order valence-corrected chi connectivity index (χ2v) is 3.81. The van der Waals surface area contributed by atoms with Gasteiger partial charge in [-0.2, -0.15) is 5.10 Å². The Hall–Kier alpha value is -1.76. The van der Waals surface area contributed by atoms with Gasteiger partial charge in [0.25, 0.3) is 0 Å². The first-order chi connectivity index (χ1) is 7.81. The van der Waals surface area contributed by atoms with Crippen LogP contribution in [0, 0.1) is 0 Å². The van der Waals surface area contributed by atoms with Crippen LogP contribution in [0.5, 0.6) is 0 Å². The third-order valence-corrected chi connectivity index (χ3v) is 2.80. The van der Waals surface area contributed by atoms with Crippen molar-refractivity contribution in [3.05, 3.63) is 30.0 Å². The number of hydrogen-bond acceptors (Lipinski definition) is 6. The normalized spacial score (nSPS) is 10.3. The molecule has 16 heavy (non-hydrogen) atoms. The fourth-order valence-electron chi connectivity index (χ4n) is 1.13. The van der Waals surface area contributed by atoms with Gasteiger partial charge in [0.15, 0.2) is 5.16 Å². The van der Waals surface area contributed by atoms with Crippen LogP contribution in [0.25, 0.3) is 0 Å². The van der Waals surface area contributed by atoms with Crippen LogP contribution in [0.2, 0.25) is 0 Å². The van der Waals surface area contributed by atoms with Gasteiger partial charge in [-0.05, 0) is 6.07 Å². The molecule has 0 saturated carbocycles. The molecule has 0 bridgehead atoms. The van der Waals surface area contributed by atoms with Gasteiger partial charge in [0.2, 0.25) is 5.76 Å². The van der Waals surface area contributed by atoms with E-state index in [9.17, 15) is 4.79 Å². The van der Waals surface area contributed by atoms with E-state index in [0.29, 0.717) is 10.9 Å². The maximum absolute atomic E-state index is 11.3. The predicted octanol–water partition coefficient (Wildman–Crippen LogP) is 1.48. The Labute approximate surface area is 95.4 Å². The topological polar surface area (TPSA) is 81.0 Å². The first kappa shape index (κ1) is 10.7. The van der Waals surface area contributed by atoms with Gasteiger partial charge in [0, 0.05) is 11.3 Å². The molecule has 2 heterocycles. The molecule has 84 valence electrons. The molecular formula is C9H9N3O3S. The number of nitrogens with zero attached hydrogens (tertiary/aromatic N) is 2. The Morgan fingerprint density at radius 2 is 2.56 bits per heavy atom. The maximum Gasteiger partial charge on any atom is 0.374 e. The summed E-state index contributed by atoms with van der Waals surface area (Å²) < 4.78 is 9.65. The highest BCUT2D eigenvalue weighted by Crippen LogP contribution is 2.22. The van der Waals surface area contributed by atoms with Crippen molar-refractivity contribution in [3.63, 3.8) is 0 Å². The molecule has 6 nitrogen and oxygen atoms in total. The van der Waals surface area contributed by atoms with Crippen LogP contribution >= 0.6 is 11.8 Å². The van der Waals surface area contributed by atoms with Crippen LogP contribution in [0.3, 0.4) is 0 Å². The first-order valence-corrected chi connectivity index (χ1v) is 5.42. The van der Waals surface area contributed by atoms with Crippen molar-refractivity contribution in [2.45, 2.75) is 10.9 Å². The van der Waals surface area contributed by atoms with Gasteiger partial charge in [-0.3, -0.25) is 5.10 Å². The fraction of sp³-hybridized carbons (Fsp3) is 0.222. The van der Waals surface area contributed by atoms with Crippen molar-refractivity contribution in [3.8, 4) is 0 Å². The van der Waals surface area contributed by atoms with Gasteiger partial charge < -0.3 is 9.15 Å². The van der Waals surface area contributed by atoms with E-state index in [-0.39, 0.29) is 5.76 Å². The Balaban J connectivity index is 2.04. The summed E-state index contributed by atoms with van der Waals surface area (Å²) in [5.74, 6) is 0.323. The number of methoxy groups -OCH3 is 1. The number of furan rings is 1. The number of ether oxygens (including phenoxy) is 1. The Morgan fingerprint density at radius 1 is 1.69 bits per heavy atom. The molecule has 0 aliphatic heterocycles. The first-order valence-electron chi connectivity index (χ1n) is 4.44. The van der Waals surface area contributed by atoms with Gasteiger partial charge >= 0.3 is 5.97 Å². The van der Waals surface area contributed by atoms with Gasteiger partial charge in [0.05, 0.1) is 13.4 Å². The Bertz CT molecular complexity index is 466. The van der Waals surface area contributed by atoms with Crippen LogP contribution in [0.4, 0.5) is 0 Å². The summed E-state index contributed by atoms with van der Waals surface area (Å²) in [5, 5.41) is 7.13. The summed E-state index contributed by atoms with van der Waals surface area (Å²) in [6, 6.07) is 1.73. The van der Waals surface area contributed by atoms with Gasteiger partial charge in [-0.25, -0.2) is 9.78 Å². The average molecular weight is 239 g/mol. The highest BCUT2D eigenvalue weighted by molar-refractivity contribution is 7.98. The molecule has 0 spiro atoms. The molecule has 1 N–H and O–H groups in total. The molecule has 0 aliphatic carbocycles. The number of nitrogens with one attached hydrogen (secondary N) is 1. The minimum Gasteiger partial charge on any atom is -0.463 e. The second-order valence-electron chi connectivity index (χ2n) is 2.85. The van der Waals surface area contributed by atoms with Gasteiger partial charge in [-0.1, -0.05) is 11.8 Å². The number of carbonyl (C=O) groups excluding carboxylic acids is 1.